The van der Waals surface area contributed by atoms with Gasteiger partial charge in [0.15, 0.2) is 11.3 Å². The summed E-state index contributed by atoms with van der Waals surface area (Å²) in [7, 11) is 0. The average Bonchev–Trinajstić information content (AvgIpc) is 3.07. The van der Waals surface area contributed by atoms with E-state index in [1.54, 1.807) is 43.3 Å². The Hall–Kier alpha value is -2.83. The average molecular weight is 433 g/mol. The van der Waals surface area contributed by atoms with E-state index in [4.69, 9.17) is 38.4 Å². The molecule has 0 saturated carbocycles. The molecule has 8 heteroatoms. The number of allylic oxidation sites excluding steroid dienone is 1. The lowest BCUT2D eigenvalue weighted by Gasteiger charge is -2.12. The highest BCUT2D eigenvalue weighted by Crippen LogP contribution is 2.37. The van der Waals surface area contributed by atoms with Gasteiger partial charge >= 0.3 is 5.97 Å². The third kappa shape index (κ3) is 4.96. The first-order chi connectivity index (χ1) is 13.9. The van der Waals surface area contributed by atoms with Crippen LogP contribution in [0.5, 0.6) is 0 Å². The fourth-order valence-electron chi connectivity index (χ4n) is 2.86. The van der Waals surface area contributed by atoms with Crippen molar-refractivity contribution in [1.82, 2.24) is 0 Å². The molecule has 1 aliphatic heterocycles. The van der Waals surface area contributed by atoms with Crippen LogP contribution in [-0.4, -0.2) is 24.2 Å². The molecule has 0 spiro atoms. The largest absolute Gasteiger partial charge is 0.482 e. The summed E-state index contributed by atoms with van der Waals surface area (Å²) < 4.78 is 10.9. The molecule has 0 aliphatic carbocycles. The number of carbonyl (C=O) groups excluding carboxylic acids is 2. The molecule has 29 heavy (non-hydrogen) atoms. The first-order valence-electron chi connectivity index (χ1n) is 8.86. The summed E-state index contributed by atoms with van der Waals surface area (Å²) in [6.45, 7) is 1.73. The number of rotatable bonds is 5. The molecule has 0 aromatic heterocycles. The highest BCUT2D eigenvalue weighted by Gasteiger charge is 2.36. The third-order valence-electron chi connectivity index (χ3n) is 4.19. The first-order valence-corrected chi connectivity index (χ1v) is 9.61. The van der Waals surface area contributed by atoms with Crippen LogP contribution in [0, 0.1) is 0 Å². The van der Waals surface area contributed by atoms with Crippen LogP contribution >= 0.6 is 23.2 Å². The van der Waals surface area contributed by atoms with E-state index >= 15 is 0 Å². The van der Waals surface area contributed by atoms with Gasteiger partial charge in [-0.15, -0.1) is 0 Å². The maximum atomic E-state index is 12.4. The van der Waals surface area contributed by atoms with Crippen molar-refractivity contribution in [3.63, 3.8) is 0 Å². The molecule has 2 N–H and O–H groups in total. The number of hydrogen-bond donors (Lipinski definition) is 1. The van der Waals surface area contributed by atoms with Crippen LogP contribution < -0.4 is 5.73 Å². The second-order valence-electron chi connectivity index (χ2n) is 6.19. The Morgan fingerprint density at radius 1 is 1.10 bits per heavy atom. The Morgan fingerprint density at radius 2 is 1.69 bits per heavy atom. The van der Waals surface area contributed by atoms with Crippen LogP contribution in [0.4, 0.5) is 5.69 Å². The SMILES string of the molecule is CCOC(=O)/C(C(N)=O)=C1\O[C@H](c2ccc(Cl)cc2)CC1=Nc1ccc(Cl)cc1. The molecular weight excluding hydrogens is 415 g/mol. The Balaban J connectivity index is 2.08. The molecule has 6 nitrogen and oxygen atoms in total. The topological polar surface area (TPSA) is 91.0 Å². The van der Waals surface area contributed by atoms with Crippen LogP contribution in [0.3, 0.4) is 0 Å². The van der Waals surface area contributed by atoms with E-state index in [0.717, 1.165) is 5.56 Å². The first kappa shape index (κ1) is 20.9. The zero-order valence-electron chi connectivity index (χ0n) is 15.5. The van der Waals surface area contributed by atoms with Crippen LogP contribution in [0.1, 0.15) is 25.0 Å². The molecule has 3 rings (SSSR count). The van der Waals surface area contributed by atoms with Crippen molar-refractivity contribution in [3.8, 4) is 0 Å². The fourth-order valence-corrected chi connectivity index (χ4v) is 3.12. The summed E-state index contributed by atoms with van der Waals surface area (Å²) in [6, 6.07) is 13.9. The van der Waals surface area contributed by atoms with Crippen molar-refractivity contribution in [3.05, 3.63) is 75.5 Å². The van der Waals surface area contributed by atoms with Crippen molar-refractivity contribution < 1.29 is 19.1 Å². The quantitative estimate of drug-likeness (QED) is 0.325. The highest BCUT2D eigenvalue weighted by molar-refractivity contribution is 6.31. The van der Waals surface area contributed by atoms with Crippen molar-refractivity contribution in [1.29, 1.82) is 0 Å². The summed E-state index contributed by atoms with van der Waals surface area (Å²) in [6.07, 6.45) is -0.132. The van der Waals surface area contributed by atoms with Gasteiger partial charge < -0.3 is 15.2 Å². The van der Waals surface area contributed by atoms with Gasteiger partial charge in [-0.05, 0) is 48.9 Å². The molecule has 1 saturated heterocycles. The number of ether oxygens (including phenoxy) is 2. The van der Waals surface area contributed by atoms with E-state index in [0.29, 0.717) is 27.9 Å². The molecule has 0 radical (unpaired) electrons. The molecule has 1 heterocycles. The Morgan fingerprint density at radius 3 is 2.24 bits per heavy atom. The second kappa shape index (κ2) is 9.11. The van der Waals surface area contributed by atoms with Gasteiger partial charge in [-0.1, -0.05) is 35.3 Å². The fraction of sp³-hybridized carbons (Fsp3) is 0.190. The zero-order chi connectivity index (χ0) is 21.0. The van der Waals surface area contributed by atoms with Crippen molar-refractivity contribution in [2.75, 3.05) is 6.61 Å². The van der Waals surface area contributed by atoms with E-state index in [2.05, 4.69) is 4.99 Å². The number of halogens is 2. The summed E-state index contributed by atoms with van der Waals surface area (Å²) in [5, 5.41) is 1.15. The van der Waals surface area contributed by atoms with Gasteiger partial charge in [0, 0.05) is 16.5 Å². The minimum Gasteiger partial charge on any atom is -0.482 e. The van der Waals surface area contributed by atoms with Crippen molar-refractivity contribution in [2.45, 2.75) is 19.4 Å². The number of nitrogens with two attached hydrogens (primary N) is 1. The Labute approximate surface area is 177 Å². The maximum absolute atomic E-state index is 12.4. The highest BCUT2D eigenvalue weighted by atomic mass is 35.5. The Kier molecular flexibility index (Phi) is 6.56. The van der Waals surface area contributed by atoms with E-state index in [-0.39, 0.29) is 17.9 Å². The van der Waals surface area contributed by atoms with Crippen LogP contribution in [0.15, 0.2) is 64.9 Å². The minimum atomic E-state index is -0.945. The summed E-state index contributed by atoms with van der Waals surface area (Å²) in [5.41, 5.74) is 6.92. The van der Waals surface area contributed by atoms with Crippen LogP contribution in [-0.2, 0) is 19.1 Å². The number of hydrogen-bond acceptors (Lipinski definition) is 5. The lowest BCUT2D eigenvalue weighted by atomic mass is 10.0. The minimum absolute atomic E-state index is 0.0193. The molecule has 1 amide bonds. The van der Waals surface area contributed by atoms with Gasteiger partial charge in [0.25, 0.3) is 5.91 Å². The molecule has 0 bridgehead atoms. The van der Waals surface area contributed by atoms with Gasteiger partial charge in [0.05, 0.1) is 18.0 Å². The summed E-state index contributed by atoms with van der Waals surface area (Å²) in [5.74, 6) is -1.78. The van der Waals surface area contributed by atoms with E-state index in [9.17, 15) is 9.59 Å². The van der Waals surface area contributed by atoms with Crippen LogP contribution in [0.25, 0.3) is 0 Å². The number of amides is 1. The van der Waals surface area contributed by atoms with E-state index in [1.807, 2.05) is 12.1 Å². The van der Waals surface area contributed by atoms with Crippen molar-refractivity contribution in [2.24, 2.45) is 10.7 Å². The number of benzene rings is 2. The Bertz CT molecular complexity index is 983. The normalized spacial score (nSPS) is 19.0. The smallest absolute Gasteiger partial charge is 0.347 e. The molecule has 150 valence electrons. The van der Waals surface area contributed by atoms with Gasteiger partial charge in [0.2, 0.25) is 0 Å². The standard InChI is InChI=1S/C21H18Cl2N2O4/c1-2-28-21(27)18(20(24)26)19-16(25-15-9-7-14(23)8-10-15)11-17(29-19)12-3-5-13(22)6-4-12/h3-10,17H,2,11H2,1H3,(H2,24,26)/b19-18-,25-16?/t17-/m0/s1. The maximum Gasteiger partial charge on any atom is 0.347 e. The number of aliphatic imine (C=N–C) groups is 1. The number of primary amides is 1. The lowest BCUT2D eigenvalue weighted by Crippen LogP contribution is -2.25. The van der Waals surface area contributed by atoms with E-state index in [1.165, 1.54) is 0 Å². The van der Waals surface area contributed by atoms with Gasteiger partial charge in [-0.2, -0.15) is 0 Å². The zero-order valence-corrected chi connectivity index (χ0v) is 17.0. The van der Waals surface area contributed by atoms with Crippen molar-refractivity contribution >= 4 is 46.5 Å². The molecular formula is C21H18Cl2N2O4. The van der Waals surface area contributed by atoms with Gasteiger partial charge in [-0.3, -0.25) is 4.79 Å². The number of nitrogens with zero attached hydrogens (tertiary/aromatic N) is 1. The monoisotopic (exact) mass is 432 g/mol. The predicted molar refractivity (Wildman–Crippen MR) is 111 cm³/mol. The lowest BCUT2D eigenvalue weighted by molar-refractivity contribution is -0.140. The van der Waals surface area contributed by atoms with Gasteiger partial charge in [0.1, 0.15) is 6.10 Å². The summed E-state index contributed by atoms with van der Waals surface area (Å²) in [4.78, 5) is 28.9. The second-order valence-corrected chi connectivity index (χ2v) is 7.06. The molecule has 1 aliphatic rings. The molecule has 0 unspecified atom stereocenters. The molecule has 1 atom stereocenters. The van der Waals surface area contributed by atoms with Gasteiger partial charge in [-0.25, -0.2) is 9.79 Å². The van der Waals surface area contributed by atoms with E-state index < -0.39 is 18.0 Å². The molecule has 2 aromatic carbocycles. The number of esters is 1. The third-order valence-corrected chi connectivity index (χ3v) is 4.69. The van der Waals surface area contributed by atoms with Crippen LogP contribution in [0.2, 0.25) is 10.0 Å². The number of carbonyl (C=O) groups is 2. The molecule has 2 aromatic rings. The summed E-state index contributed by atoms with van der Waals surface area (Å²) >= 11 is 11.9. The predicted octanol–water partition coefficient (Wildman–Crippen LogP) is 4.53. The molecule has 1 fully saturated rings.